The van der Waals surface area contributed by atoms with Gasteiger partial charge in [-0.05, 0) is 5.41 Å². The van der Waals surface area contributed by atoms with E-state index in [1.165, 1.54) is 0 Å². The monoisotopic (exact) mass is 224 g/mol. The van der Waals surface area contributed by atoms with Crippen molar-refractivity contribution in [3.05, 3.63) is 11.8 Å². The summed E-state index contributed by atoms with van der Waals surface area (Å²) in [6, 6.07) is 0. The lowest BCUT2D eigenvalue weighted by atomic mass is 9.69. The average molecular weight is 224 g/mol. The fourth-order valence-corrected chi connectivity index (χ4v) is 1.10. The number of nitrogens with zero attached hydrogens (tertiary/aromatic N) is 2. The first-order chi connectivity index (χ1) is 6.96. The van der Waals surface area contributed by atoms with E-state index < -0.39 is 0 Å². The zero-order valence-electron chi connectivity index (χ0n) is 11.8. The highest BCUT2D eigenvalue weighted by atomic mass is 16.4. The minimum absolute atomic E-state index is 0.0841. The van der Waals surface area contributed by atoms with Crippen LogP contribution in [0.15, 0.2) is 4.42 Å². The summed E-state index contributed by atoms with van der Waals surface area (Å²) in [6.07, 6.45) is 0. The maximum atomic E-state index is 5.82. The fourth-order valence-electron chi connectivity index (χ4n) is 1.10. The summed E-state index contributed by atoms with van der Waals surface area (Å²) in [7, 11) is 0. The second-order valence-electron chi connectivity index (χ2n) is 7.04. The molecule has 3 nitrogen and oxygen atoms in total. The van der Waals surface area contributed by atoms with Crippen LogP contribution in [0, 0.1) is 5.41 Å². The molecular formula is C13H24N2O. The van der Waals surface area contributed by atoms with E-state index in [9.17, 15) is 0 Å². The fraction of sp³-hybridized carbons (Fsp3) is 0.846. The van der Waals surface area contributed by atoms with Gasteiger partial charge in [-0.25, -0.2) is 0 Å². The summed E-state index contributed by atoms with van der Waals surface area (Å²) in [5.74, 6) is 1.43. The van der Waals surface area contributed by atoms with Crippen LogP contribution in [0.25, 0.3) is 0 Å². The van der Waals surface area contributed by atoms with Crippen molar-refractivity contribution in [2.45, 2.75) is 66.2 Å². The van der Waals surface area contributed by atoms with Crippen LogP contribution in [-0.4, -0.2) is 10.2 Å². The molecule has 0 atom stereocenters. The Kier molecular flexibility index (Phi) is 2.95. The Balaban J connectivity index is 3.13. The van der Waals surface area contributed by atoms with E-state index in [4.69, 9.17) is 4.42 Å². The first kappa shape index (κ1) is 13.2. The van der Waals surface area contributed by atoms with Crippen LogP contribution in [0.5, 0.6) is 0 Å². The van der Waals surface area contributed by atoms with E-state index >= 15 is 0 Å². The largest absolute Gasteiger partial charge is 0.424 e. The maximum absolute atomic E-state index is 5.82. The number of aromatic nitrogens is 2. The Labute approximate surface area is 98.6 Å². The highest BCUT2D eigenvalue weighted by molar-refractivity contribution is 5.07. The van der Waals surface area contributed by atoms with Crippen LogP contribution in [0.1, 0.15) is 67.2 Å². The number of rotatable bonds is 1. The van der Waals surface area contributed by atoms with Gasteiger partial charge in [0.15, 0.2) is 0 Å². The minimum atomic E-state index is -0.122. The van der Waals surface area contributed by atoms with Gasteiger partial charge in [0.25, 0.3) is 0 Å². The molecule has 0 fully saturated rings. The van der Waals surface area contributed by atoms with Gasteiger partial charge in [-0.2, -0.15) is 0 Å². The molecule has 1 heterocycles. The summed E-state index contributed by atoms with van der Waals surface area (Å²) in [4.78, 5) is 0. The molecule has 0 saturated carbocycles. The van der Waals surface area contributed by atoms with Crippen molar-refractivity contribution >= 4 is 0 Å². The summed E-state index contributed by atoms with van der Waals surface area (Å²) in [5.41, 5.74) is -0.114. The van der Waals surface area contributed by atoms with Gasteiger partial charge >= 0.3 is 0 Å². The average Bonchev–Trinajstić information content (AvgIpc) is 2.47. The zero-order chi connectivity index (χ0) is 12.8. The van der Waals surface area contributed by atoms with Gasteiger partial charge in [-0.15, -0.1) is 10.2 Å². The van der Waals surface area contributed by atoms with E-state index in [1.54, 1.807) is 0 Å². The Morgan fingerprint density at radius 3 is 1.50 bits per heavy atom. The van der Waals surface area contributed by atoms with Crippen molar-refractivity contribution in [1.29, 1.82) is 0 Å². The van der Waals surface area contributed by atoms with Gasteiger partial charge in [-0.1, -0.05) is 55.4 Å². The molecule has 1 aromatic rings. The maximum Gasteiger partial charge on any atom is 0.222 e. The highest BCUT2D eigenvalue weighted by Crippen LogP contribution is 2.40. The van der Waals surface area contributed by atoms with Crippen LogP contribution in [0.4, 0.5) is 0 Å². The Morgan fingerprint density at radius 1 is 0.750 bits per heavy atom. The highest BCUT2D eigenvalue weighted by Gasteiger charge is 2.40. The molecule has 1 aromatic heterocycles. The molecule has 0 radical (unpaired) electrons. The van der Waals surface area contributed by atoms with Crippen LogP contribution in [0.2, 0.25) is 0 Å². The lowest BCUT2D eigenvalue weighted by molar-refractivity contribution is 0.176. The summed E-state index contributed by atoms with van der Waals surface area (Å²) in [6.45, 7) is 17.1. The smallest absolute Gasteiger partial charge is 0.222 e. The molecule has 0 aliphatic carbocycles. The Bertz CT molecular complexity index is 364. The molecule has 0 unspecified atom stereocenters. The predicted octanol–water partition coefficient (Wildman–Crippen LogP) is 3.69. The summed E-state index contributed by atoms with van der Waals surface area (Å²) in [5, 5.41) is 8.35. The molecule has 0 aliphatic rings. The van der Waals surface area contributed by atoms with E-state index in [0.29, 0.717) is 5.89 Å². The lowest BCUT2D eigenvalue weighted by Crippen LogP contribution is -2.34. The second-order valence-corrected chi connectivity index (χ2v) is 7.04. The molecular weight excluding hydrogens is 200 g/mol. The quantitative estimate of drug-likeness (QED) is 0.730. The van der Waals surface area contributed by atoms with Gasteiger partial charge in [0.1, 0.15) is 0 Å². The summed E-state index contributed by atoms with van der Waals surface area (Å²) >= 11 is 0. The van der Waals surface area contributed by atoms with E-state index in [0.717, 1.165) is 5.89 Å². The number of hydrogen-bond acceptors (Lipinski definition) is 3. The third-order valence-corrected chi connectivity index (χ3v) is 3.48. The molecule has 0 amide bonds. The van der Waals surface area contributed by atoms with E-state index in [-0.39, 0.29) is 16.2 Å². The SMILES string of the molecule is CC(C)(C)c1nnc(C(C)(C)C(C)(C)C)o1. The third kappa shape index (κ3) is 2.28. The van der Waals surface area contributed by atoms with Crippen LogP contribution in [0.3, 0.4) is 0 Å². The Morgan fingerprint density at radius 2 is 1.19 bits per heavy atom. The van der Waals surface area contributed by atoms with E-state index in [2.05, 4.69) is 65.6 Å². The van der Waals surface area contributed by atoms with Crippen LogP contribution in [-0.2, 0) is 10.8 Å². The Hall–Kier alpha value is -0.860. The van der Waals surface area contributed by atoms with Crippen LogP contribution < -0.4 is 0 Å². The van der Waals surface area contributed by atoms with Gasteiger partial charge < -0.3 is 4.42 Å². The van der Waals surface area contributed by atoms with Crippen molar-refractivity contribution in [3.63, 3.8) is 0 Å². The van der Waals surface area contributed by atoms with Crippen molar-refractivity contribution in [2.24, 2.45) is 5.41 Å². The molecule has 0 bridgehead atoms. The first-order valence-corrected chi connectivity index (χ1v) is 5.81. The van der Waals surface area contributed by atoms with Crippen molar-refractivity contribution in [3.8, 4) is 0 Å². The molecule has 92 valence electrons. The summed E-state index contributed by atoms with van der Waals surface area (Å²) < 4.78 is 5.82. The number of hydrogen-bond donors (Lipinski definition) is 0. The molecule has 0 spiro atoms. The molecule has 3 heteroatoms. The van der Waals surface area contributed by atoms with Crippen molar-refractivity contribution in [1.82, 2.24) is 10.2 Å². The molecule has 0 aromatic carbocycles. The first-order valence-electron chi connectivity index (χ1n) is 5.81. The van der Waals surface area contributed by atoms with Gasteiger partial charge in [-0.3, -0.25) is 0 Å². The zero-order valence-corrected chi connectivity index (χ0v) is 11.8. The van der Waals surface area contributed by atoms with Gasteiger partial charge in [0.05, 0.1) is 0 Å². The van der Waals surface area contributed by atoms with Crippen LogP contribution >= 0.6 is 0 Å². The van der Waals surface area contributed by atoms with Crippen molar-refractivity contribution < 1.29 is 4.42 Å². The molecule has 0 aliphatic heterocycles. The molecule has 0 N–H and O–H groups in total. The normalized spacial score (nSPS) is 14.2. The van der Waals surface area contributed by atoms with E-state index in [1.807, 2.05) is 0 Å². The minimum Gasteiger partial charge on any atom is -0.424 e. The molecule has 16 heavy (non-hydrogen) atoms. The second kappa shape index (κ2) is 3.57. The molecule has 0 saturated heterocycles. The third-order valence-electron chi connectivity index (χ3n) is 3.48. The predicted molar refractivity (Wildman–Crippen MR) is 65.5 cm³/mol. The van der Waals surface area contributed by atoms with Gasteiger partial charge in [0, 0.05) is 10.8 Å². The molecule has 1 rings (SSSR count). The standard InChI is InChI=1S/C13H24N2O/c1-11(2,3)9-14-15-10(16-9)13(7,8)12(4,5)6/h1-8H3. The van der Waals surface area contributed by atoms with Crippen molar-refractivity contribution in [2.75, 3.05) is 0 Å². The van der Waals surface area contributed by atoms with Gasteiger partial charge in [0.2, 0.25) is 11.8 Å². The topological polar surface area (TPSA) is 38.9 Å². The lowest BCUT2D eigenvalue weighted by Gasteiger charge is -2.35.